The molecule has 3 aromatic rings. The minimum absolute atomic E-state index is 0.0846. The molecule has 0 bridgehead atoms. The topological polar surface area (TPSA) is 91.8 Å². The Morgan fingerprint density at radius 1 is 1.00 bits per heavy atom. The van der Waals surface area contributed by atoms with Gasteiger partial charge in [-0.2, -0.15) is 0 Å². The Morgan fingerprint density at radius 2 is 1.67 bits per heavy atom. The molecule has 0 radical (unpaired) electrons. The Kier molecular flexibility index (Phi) is 3.91. The molecular weight excluding hydrogens is 314 g/mol. The number of benzene rings is 2. The van der Waals surface area contributed by atoms with Gasteiger partial charge >= 0.3 is 5.63 Å². The second-order valence-corrected chi connectivity index (χ2v) is 4.97. The minimum Gasteiger partial charge on any atom is -0.493 e. The Bertz CT molecular complexity index is 992. The zero-order valence-corrected chi connectivity index (χ0v) is 12.9. The van der Waals surface area contributed by atoms with Crippen LogP contribution < -0.4 is 15.1 Å². The molecule has 0 aliphatic heterocycles. The molecule has 0 atom stereocenters. The third-order valence-corrected chi connectivity index (χ3v) is 3.63. The van der Waals surface area contributed by atoms with Gasteiger partial charge in [0, 0.05) is 5.39 Å². The normalized spacial score (nSPS) is 10.6. The summed E-state index contributed by atoms with van der Waals surface area (Å²) in [6.07, 6.45) is 0. The Hall–Kier alpha value is -3.35. The van der Waals surface area contributed by atoms with Crippen LogP contribution in [-0.2, 0) is 0 Å². The van der Waals surface area contributed by atoms with Crippen LogP contribution in [0.25, 0.3) is 22.1 Å². The maximum atomic E-state index is 12.3. The first-order chi connectivity index (χ1) is 11.5. The van der Waals surface area contributed by atoms with E-state index in [0.717, 1.165) is 0 Å². The van der Waals surface area contributed by atoms with Crippen molar-refractivity contribution < 1.29 is 18.8 Å². The maximum Gasteiger partial charge on any atom is 0.344 e. The molecule has 122 valence electrons. The second kappa shape index (κ2) is 6.04. The molecule has 24 heavy (non-hydrogen) atoms. The van der Waals surface area contributed by atoms with Gasteiger partial charge in [0.15, 0.2) is 11.5 Å². The van der Waals surface area contributed by atoms with Crippen LogP contribution in [0.1, 0.15) is 0 Å². The Labute approximate surface area is 136 Å². The van der Waals surface area contributed by atoms with Gasteiger partial charge in [-0.05, 0) is 18.2 Å². The molecule has 2 aromatic carbocycles. The summed E-state index contributed by atoms with van der Waals surface area (Å²) in [5, 5.41) is 12.1. The lowest BCUT2D eigenvalue weighted by Gasteiger charge is -2.10. The largest absolute Gasteiger partial charge is 0.493 e. The lowest BCUT2D eigenvalue weighted by atomic mass is 10.0. The number of para-hydroxylation sites is 1. The molecule has 0 aliphatic carbocycles. The van der Waals surface area contributed by atoms with Crippen molar-refractivity contribution in [3.63, 3.8) is 0 Å². The van der Waals surface area contributed by atoms with Crippen molar-refractivity contribution in [3.05, 3.63) is 63.0 Å². The highest BCUT2D eigenvalue weighted by Crippen LogP contribution is 2.39. The number of methoxy groups -OCH3 is 2. The zero-order valence-electron chi connectivity index (χ0n) is 12.9. The van der Waals surface area contributed by atoms with Crippen LogP contribution in [0, 0.1) is 10.1 Å². The molecule has 0 spiro atoms. The van der Waals surface area contributed by atoms with E-state index >= 15 is 0 Å². The fraction of sp³-hybridized carbons (Fsp3) is 0.118. The van der Waals surface area contributed by atoms with E-state index < -0.39 is 10.5 Å². The molecule has 3 rings (SSSR count). The predicted octanol–water partition coefficient (Wildman–Crippen LogP) is 3.39. The number of hydrogen-bond donors (Lipinski definition) is 0. The van der Waals surface area contributed by atoms with Gasteiger partial charge in [0.1, 0.15) is 5.58 Å². The van der Waals surface area contributed by atoms with Crippen LogP contribution in [0.15, 0.2) is 51.7 Å². The molecule has 0 aliphatic rings. The van der Waals surface area contributed by atoms with E-state index in [2.05, 4.69) is 0 Å². The third kappa shape index (κ3) is 2.56. The van der Waals surface area contributed by atoms with E-state index in [4.69, 9.17) is 13.9 Å². The fourth-order valence-electron chi connectivity index (χ4n) is 2.48. The predicted molar refractivity (Wildman–Crippen MR) is 87.7 cm³/mol. The van der Waals surface area contributed by atoms with Gasteiger partial charge in [-0.3, -0.25) is 10.1 Å². The summed E-state index contributed by atoms with van der Waals surface area (Å²) in [7, 11) is 2.79. The molecule has 0 saturated heterocycles. The third-order valence-electron chi connectivity index (χ3n) is 3.63. The summed E-state index contributed by atoms with van der Waals surface area (Å²) in [6, 6.07) is 11.1. The number of hydrogen-bond acceptors (Lipinski definition) is 6. The summed E-state index contributed by atoms with van der Waals surface area (Å²) in [6.45, 7) is 0. The van der Waals surface area contributed by atoms with Crippen molar-refractivity contribution in [2.24, 2.45) is 0 Å². The molecular formula is C17H13NO6. The molecule has 1 heterocycles. The first-order valence-corrected chi connectivity index (χ1v) is 6.99. The molecule has 0 saturated carbocycles. The van der Waals surface area contributed by atoms with Gasteiger partial charge < -0.3 is 13.9 Å². The minimum atomic E-state index is -0.663. The summed E-state index contributed by atoms with van der Waals surface area (Å²) in [5.41, 5.74) is -0.327. The number of nitro groups is 1. The highest BCUT2D eigenvalue weighted by Gasteiger charge is 2.23. The lowest BCUT2D eigenvalue weighted by molar-refractivity contribution is -0.384. The van der Waals surface area contributed by atoms with Crippen molar-refractivity contribution in [1.29, 1.82) is 0 Å². The molecule has 1 aromatic heterocycles. The molecule has 7 heteroatoms. The quantitative estimate of drug-likeness (QED) is 0.414. The molecule has 0 unspecified atom stereocenters. The standard InChI is InChI=1S/C17H13NO6/c1-22-15-8-11(13(18(20)21)9-16(15)23-2)12-7-10-5-3-4-6-14(10)24-17(12)19/h3-9H,1-2H3. The van der Waals surface area contributed by atoms with Gasteiger partial charge in [-0.1, -0.05) is 18.2 Å². The van der Waals surface area contributed by atoms with E-state index in [9.17, 15) is 14.9 Å². The summed E-state index contributed by atoms with van der Waals surface area (Å²) in [4.78, 5) is 23.1. The van der Waals surface area contributed by atoms with Crippen LogP contribution >= 0.6 is 0 Å². The second-order valence-electron chi connectivity index (χ2n) is 4.97. The Balaban J connectivity index is 2.34. The number of rotatable bonds is 4. The summed E-state index contributed by atoms with van der Waals surface area (Å²) < 4.78 is 15.5. The van der Waals surface area contributed by atoms with Gasteiger partial charge in [0.05, 0.1) is 36.3 Å². The van der Waals surface area contributed by atoms with E-state index in [1.165, 1.54) is 26.4 Å². The van der Waals surface area contributed by atoms with Gasteiger partial charge in [0.2, 0.25) is 0 Å². The lowest BCUT2D eigenvalue weighted by Crippen LogP contribution is -2.05. The van der Waals surface area contributed by atoms with E-state index in [1.54, 1.807) is 30.3 Å². The monoisotopic (exact) mass is 327 g/mol. The van der Waals surface area contributed by atoms with E-state index in [1.807, 2.05) is 0 Å². The molecule has 0 fully saturated rings. The average molecular weight is 327 g/mol. The van der Waals surface area contributed by atoms with Gasteiger partial charge in [-0.25, -0.2) is 4.79 Å². The summed E-state index contributed by atoms with van der Waals surface area (Å²) in [5.74, 6) is 0.490. The van der Waals surface area contributed by atoms with Crippen LogP contribution in [-0.4, -0.2) is 19.1 Å². The highest BCUT2D eigenvalue weighted by atomic mass is 16.6. The van der Waals surface area contributed by atoms with Crippen LogP contribution in [0.5, 0.6) is 11.5 Å². The van der Waals surface area contributed by atoms with Crippen LogP contribution in [0.3, 0.4) is 0 Å². The van der Waals surface area contributed by atoms with E-state index in [-0.39, 0.29) is 28.3 Å². The van der Waals surface area contributed by atoms with Crippen molar-refractivity contribution in [2.45, 2.75) is 0 Å². The first-order valence-electron chi connectivity index (χ1n) is 6.99. The average Bonchev–Trinajstić information content (AvgIpc) is 2.59. The highest BCUT2D eigenvalue weighted by molar-refractivity contribution is 5.85. The SMILES string of the molecule is COc1cc(-c2cc3ccccc3oc2=O)c([N+](=O)[O-])cc1OC. The number of ether oxygens (including phenoxy) is 2. The maximum absolute atomic E-state index is 12.3. The van der Waals surface area contributed by atoms with Crippen LogP contribution in [0.2, 0.25) is 0 Å². The van der Waals surface area contributed by atoms with Crippen molar-refractivity contribution in [2.75, 3.05) is 14.2 Å². The smallest absolute Gasteiger partial charge is 0.344 e. The molecule has 7 nitrogen and oxygen atoms in total. The number of nitro benzene ring substituents is 1. The Morgan fingerprint density at radius 3 is 2.33 bits per heavy atom. The molecule has 0 N–H and O–H groups in total. The van der Waals surface area contributed by atoms with Crippen molar-refractivity contribution >= 4 is 16.7 Å². The first kappa shape index (κ1) is 15.5. The number of fused-ring (bicyclic) bond motifs is 1. The van der Waals surface area contributed by atoms with Crippen LogP contribution in [0.4, 0.5) is 5.69 Å². The summed E-state index contributed by atoms with van der Waals surface area (Å²) >= 11 is 0. The fourth-order valence-corrected chi connectivity index (χ4v) is 2.48. The molecule has 0 amide bonds. The van der Waals surface area contributed by atoms with E-state index in [0.29, 0.717) is 11.0 Å². The number of nitrogens with zero attached hydrogens (tertiary/aromatic N) is 1. The zero-order chi connectivity index (χ0) is 17.3. The van der Waals surface area contributed by atoms with Gasteiger partial charge in [-0.15, -0.1) is 0 Å². The van der Waals surface area contributed by atoms with Gasteiger partial charge in [0.25, 0.3) is 5.69 Å². The van der Waals surface area contributed by atoms with Crippen molar-refractivity contribution in [1.82, 2.24) is 0 Å². The van der Waals surface area contributed by atoms with Crippen molar-refractivity contribution in [3.8, 4) is 22.6 Å².